The van der Waals surface area contributed by atoms with E-state index in [2.05, 4.69) is 25.1 Å². The first-order valence-corrected chi connectivity index (χ1v) is 8.18. The van der Waals surface area contributed by atoms with Crippen molar-refractivity contribution in [3.05, 3.63) is 11.3 Å². The van der Waals surface area contributed by atoms with E-state index in [0.717, 1.165) is 37.0 Å². The van der Waals surface area contributed by atoms with Gasteiger partial charge in [0, 0.05) is 0 Å². The lowest BCUT2D eigenvalue weighted by Gasteiger charge is -2.23. The number of halogens is 1. The average molecular weight is 355 g/mol. The third kappa shape index (κ3) is 4.78. The molecule has 0 amide bonds. The largest absolute Gasteiger partial charge is 0.462 e. The molecule has 8 nitrogen and oxygen atoms in total. The number of hydrogen-bond donors (Lipinski definition) is 2. The molecule has 2 aromatic heterocycles. The van der Waals surface area contributed by atoms with Crippen LogP contribution in [0.1, 0.15) is 39.7 Å². The van der Waals surface area contributed by atoms with E-state index in [4.69, 9.17) is 17.3 Å². The molecule has 3 heterocycles. The molecule has 0 bridgehead atoms. The van der Waals surface area contributed by atoms with Crippen LogP contribution >= 0.6 is 11.6 Å². The molecule has 3 N–H and O–H groups in total. The zero-order chi connectivity index (χ0) is 17.7. The van der Waals surface area contributed by atoms with Gasteiger partial charge in [-0.3, -0.25) is 4.79 Å². The van der Waals surface area contributed by atoms with Crippen LogP contribution in [0.2, 0.25) is 5.15 Å². The molecule has 0 saturated carbocycles. The van der Waals surface area contributed by atoms with Crippen LogP contribution in [0.5, 0.6) is 0 Å². The van der Waals surface area contributed by atoms with Crippen molar-refractivity contribution >= 4 is 35.1 Å². The minimum absolute atomic E-state index is 0.193. The lowest BCUT2D eigenvalue weighted by Crippen LogP contribution is -2.30. The number of nitrogens with two attached hydrogens (primary N) is 1. The third-order valence-corrected chi connectivity index (χ3v) is 3.77. The second-order valence-electron chi connectivity index (χ2n) is 6.51. The summed E-state index contributed by atoms with van der Waals surface area (Å²) < 4.78 is 6.47. The zero-order valence-electron chi connectivity index (χ0n) is 14.1. The fraction of sp³-hybridized carbons (Fsp3) is 0.600. The highest BCUT2D eigenvalue weighted by molar-refractivity contribution is 6.34. The molecule has 1 aliphatic rings. The van der Waals surface area contributed by atoms with Gasteiger partial charge in [-0.1, -0.05) is 11.6 Å². The van der Waals surface area contributed by atoms with Gasteiger partial charge in [-0.2, -0.15) is 10.1 Å². The number of anilines is 1. The Morgan fingerprint density at radius 2 is 2.04 bits per heavy atom. The van der Waals surface area contributed by atoms with Crippen LogP contribution in [0.25, 0.3) is 11.0 Å². The number of ether oxygens (including phenoxy) is 1. The Hall–Kier alpha value is -1.93. The second-order valence-corrected chi connectivity index (χ2v) is 6.86. The summed E-state index contributed by atoms with van der Waals surface area (Å²) in [6, 6.07) is 0.360. The highest BCUT2D eigenvalue weighted by Crippen LogP contribution is 2.26. The molecule has 1 saturated heterocycles. The summed E-state index contributed by atoms with van der Waals surface area (Å²) in [6.07, 6.45) is 3.79. The Kier molecular flexibility index (Phi) is 5.95. The van der Waals surface area contributed by atoms with Gasteiger partial charge >= 0.3 is 0 Å². The van der Waals surface area contributed by atoms with E-state index in [0.29, 0.717) is 17.7 Å². The monoisotopic (exact) mass is 354 g/mol. The Morgan fingerprint density at radius 1 is 1.38 bits per heavy atom. The predicted octanol–water partition coefficient (Wildman–Crippen LogP) is 1.94. The van der Waals surface area contributed by atoms with E-state index in [1.807, 2.05) is 25.5 Å². The Labute approximate surface area is 145 Å². The number of nitrogens with zero attached hydrogens (tertiary/aromatic N) is 4. The van der Waals surface area contributed by atoms with Crippen molar-refractivity contribution in [2.24, 2.45) is 0 Å². The number of hydrogen-bond acceptors (Lipinski definition) is 7. The standard InChI is InChI=1S/C10H13ClN6.C5H10O2/c11-8-7-5-14-17(6-1-3-13-4-2-6)9(7)16-10(12)15-8;1-5(2,3)7-4-6/h5-6,13H,1-4H2,(H2,12,15,16);4H,1-3H3. The van der Waals surface area contributed by atoms with Crippen LogP contribution < -0.4 is 11.1 Å². The smallest absolute Gasteiger partial charge is 0.293 e. The van der Waals surface area contributed by atoms with Crippen molar-refractivity contribution in [2.45, 2.75) is 45.3 Å². The van der Waals surface area contributed by atoms with E-state index in [1.54, 1.807) is 6.20 Å². The number of nitrogen functional groups attached to an aromatic ring is 1. The summed E-state index contributed by atoms with van der Waals surface area (Å²) >= 11 is 6.02. The normalized spacial score (nSPS) is 15.7. The molecular weight excluding hydrogens is 332 g/mol. The van der Waals surface area contributed by atoms with Gasteiger partial charge in [0.2, 0.25) is 5.95 Å². The van der Waals surface area contributed by atoms with Gasteiger partial charge in [-0.25, -0.2) is 9.67 Å². The summed E-state index contributed by atoms with van der Waals surface area (Å²) in [5, 5.41) is 8.82. The number of fused-ring (bicyclic) bond motifs is 1. The van der Waals surface area contributed by atoms with Gasteiger partial charge in [0.1, 0.15) is 10.8 Å². The molecule has 0 aliphatic carbocycles. The second kappa shape index (κ2) is 7.76. The first-order chi connectivity index (χ1) is 11.3. The van der Waals surface area contributed by atoms with Gasteiger partial charge in [0.05, 0.1) is 17.6 Å². The number of piperidine rings is 1. The van der Waals surface area contributed by atoms with E-state index >= 15 is 0 Å². The average Bonchev–Trinajstić information content (AvgIpc) is 2.91. The molecule has 1 aliphatic heterocycles. The van der Waals surface area contributed by atoms with Crippen LogP contribution in [0.4, 0.5) is 5.95 Å². The number of aromatic nitrogens is 4. The first-order valence-electron chi connectivity index (χ1n) is 7.80. The van der Waals surface area contributed by atoms with Gasteiger partial charge < -0.3 is 15.8 Å². The highest BCUT2D eigenvalue weighted by atomic mass is 35.5. The van der Waals surface area contributed by atoms with Crippen molar-refractivity contribution < 1.29 is 9.53 Å². The minimum Gasteiger partial charge on any atom is -0.462 e. The quantitative estimate of drug-likeness (QED) is 0.626. The number of nitrogens with one attached hydrogen (secondary N) is 1. The zero-order valence-corrected chi connectivity index (χ0v) is 14.9. The molecule has 132 valence electrons. The molecule has 0 unspecified atom stereocenters. The SMILES string of the molecule is CC(C)(C)OC=O.Nc1nc(Cl)c2cnn(C3CCNCC3)c2n1. The molecular formula is C15H23ClN6O2. The Bertz CT molecular complexity index is 691. The van der Waals surface area contributed by atoms with Crippen LogP contribution in [-0.2, 0) is 9.53 Å². The summed E-state index contributed by atoms with van der Waals surface area (Å²) in [5.41, 5.74) is 6.04. The molecule has 0 radical (unpaired) electrons. The van der Waals surface area contributed by atoms with Crippen molar-refractivity contribution in [1.29, 1.82) is 0 Å². The minimum atomic E-state index is -0.318. The molecule has 0 aromatic carbocycles. The lowest BCUT2D eigenvalue weighted by atomic mass is 10.1. The van der Waals surface area contributed by atoms with E-state index in [9.17, 15) is 4.79 Å². The first kappa shape index (κ1) is 18.4. The predicted molar refractivity (Wildman–Crippen MR) is 92.8 cm³/mol. The lowest BCUT2D eigenvalue weighted by molar-refractivity contribution is -0.138. The molecule has 0 atom stereocenters. The molecule has 0 spiro atoms. The Balaban J connectivity index is 0.000000256. The van der Waals surface area contributed by atoms with Crippen LogP contribution in [0.15, 0.2) is 6.20 Å². The fourth-order valence-corrected chi connectivity index (χ4v) is 2.59. The fourth-order valence-electron chi connectivity index (χ4n) is 2.37. The summed E-state index contributed by atoms with van der Waals surface area (Å²) in [5.74, 6) is 0.193. The van der Waals surface area contributed by atoms with Crippen LogP contribution in [0, 0.1) is 0 Å². The molecule has 3 rings (SSSR count). The molecule has 24 heavy (non-hydrogen) atoms. The maximum Gasteiger partial charge on any atom is 0.293 e. The van der Waals surface area contributed by atoms with Gasteiger partial charge in [-0.15, -0.1) is 0 Å². The maximum absolute atomic E-state index is 9.60. The van der Waals surface area contributed by atoms with E-state index in [1.165, 1.54) is 0 Å². The topological polar surface area (TPSA) is 108 Å². The van der Waals surface area contributed by atoms with Crippen molar-refractivity contribution in [3.8, 4) is 0 Å². The number of carbonyl (C=O) groups is 1. The van der Waals surface area contributed by atoms with E-state index < -0.39 is 0 Å². The van der Waals surface area contributed by atoms with Crippen molar-refractivity contribution in [3.63, 3.8) is 0 Å². The number of carbonyl (C=O) groups excluding carboxylic acids is 1. The third-order valence-electron chi connectivity index (χ3n) is 3.48. The summed E-state index contributed by atoms with van der Waals surface area (Å²) in [4.78, 5) is 17.8. The molecule has 2 aromatic rings. The highest BCUT2D eigenvalue weighted by Gasteiger charge is 2.19. The molecule has 9 heteroatoms. The maximum atomic E-state index is 9.60. The summed E-state index contributed by atoms with van der Waals surface area (Å²) in [6.45, 7) is 7.92. The van der Waals surface area contributed by atoms with Crippen molar-refractivity contribution in [2.75, 3.05) is 18.8 Å². The van der Waals surface area contributed by atoms with Gasteiger partial charge in [-0.05, 0) is 46.7 Å². The Morgan fingerprint density at radius 3 is 2.58 bits per heavy atom. The number of rotatable bonds is 2. The van der Waals surface area contributed by atoms with Crippen molar-refractivity contribution in [1.82, 2.24) is 25.1 Å². The van der Waals surface area contributed by atoms with Crippen LogP contribution in [-0.4, -0.2) is 44.9 Å². The van der Waals surface area contributed by atoms with E-state index in [-0.39, 0.29) is 11.5 Å². The van der Waals surface area contributed by atoms with Gasteiger partial charge in [0.25, 0.3) is 6.47 Å². The molecule has 1 fully saturated rings. The van der Waals surface area contributed by atoms with Crippen LogP contribution in [0.3, 0.4) is 0 Å². The summed E-state index contributed by atoms with van der Waals surface area (Å²) in [7, 11) is 0. The van der Waals surface area contributed by atoms with Gasteiger partial charge in [0.15, 0.2) is 5.65 Å².